The highest BCUT2D eigenvalue weighted by Crippen LogP contribution is 1.85. The van der Waals surface area contributed by atoms with Gasteiger partial charge in [-0.25, -0.2) is 4.79 Å². The van der Waals surface area contributed by atoms with Crippen LogP contribution in [0.25, 0.3) is 5.53 Å². The van der Waals surface area contributed by atoms with E-state index in [1.54, 1.807) is 0 Å². The van der Waals surface area contributed by atoms with E-state index in [0.29, 0.717) is 0 Å². The highest BCUT2D eigenvalue weighted by atomic mass is 16.6. The van der Waals surface area contributed by atoms with Gasteiger partial charge in [-0.05, 0) is 6.92 Å². The van der Waals surface area contributed by atoms with E-state index in [0.717, 1.165) is 0 Å². The zero-order valence-corrected chi connectivity index (χ0v) is 7.07. The lowest BCUT2D eigenvalue weighted by molar-refractivity contribution is -0.136. The Hall–Kier alpha value is -1.68. The Morgan fingerprint density at radius 3 is 2.42 bits per heavy atom. The minimum absolute atomic E-state index is 0.145. The summed E-state index contributed by atoms with van der Waals surface area (Å²) in [5, 5.41) is 3.39. The van der Waals surface area contributed by atoms with Crippen LogP contribution in [0, 0.1) is 0 Å². The molecule has 0 rings (SSSR count). The van der Waals surface area contributed by atoms with Gasteiger partial charge < -0.3 is 15.1 Å². The average molecular weight is 171 g/mol. The highest BCUT2D eigenvalue weighted by Gasteiger charge is 2.25. The molecule has 0 aromatic heterocycles. The SMILES string of the molecule is CO/N=C(/C)C(=[N+]=[N-])C(=O)OC. The van der Waals surface area contributed by atoms with Crippen molar-refractivity contribution in [1.82, 2.24) is 0 Å². The summed E-state index contributed by atoms with van der Waals surface area (Å²) < 4.78 is 4.30. The molecule has 0 aliphatic rings. The third kappa shape index (κ3) is 2.51. The first-order valence-corrected chi connectivity index (χ1v) is 3.05. The van der Waals surface area contributed by atoms with Gasteiger partial charge in [0.15, 0.2) is 5.71 Å². The molecule has 6 nitrogen and oxygen atoms in total. The second kappa shape index (κ2) is 5.03. The summed E-state index contributed by atoms with van der Waals surface area (Å²) in [6.45, 7) is 1.45. The zero-order valence-electron chi connectivity index (χ0n) is 7.07. The number of hydrogen-bond acceptors (Lipinski definition) is 4. The molecule has 0 aromatic rings. The van der Waals surface area contributed by atoms with Gasteiger partial charge in [-0.2, -0.15) is 4.79 Å². The average Bonchev–Trinajstić information content (AvgIpc) is 2.06. The quantitative estimate of drug-likeness (QED) is 0.194. The van der Waals surface area contributed by atoms with Crippen molar-refractivity contribution in [3.63, 3.8) is 0 Å². The lowest BCUT2D eigenvalue weighted by atomic mass is 10.3. The molecule has 0 N–H and O–H groups in total. The predicted octanol–water partition coefficient (Wildman–Crippen LogP) is -0.147. The van der Waals surface area contributed by atoms with E-state index >= 15 is 0 Å². The topological polar surface area (TPSA) is 84.3 Å². The van der Waals surface area contributed by atoms with E-state index in [2.05, 4.69) is 19.5 Å². The van der Waals surface area contributed by atoms with Gasteiger partial charge in [-0.15, -0.1) is 0 Å². The third-order valence-electron chi connectivity index (χ3n) is 1.05. The molecule has 0 atom stereocenters. The van der Waals surface area contributed by atoms with E-state index in [4.69, 9.17) is 5.53 Å². The summed E-state index contributed by atoms with van der Waals surface area (Å²) in [5.74, 6) is -0.768. The standard InChI is InChI=1S/C6H9N3O3/c1-4(9-12-3)5(8-7)6(10)11-2/h1-3H3/b9-4-. The Morgan fingerprint density at radius 2 is 2.08 bits per heavy atom. The summed E-state index contributed by atoms with van der Waals surface area (Å²) in [4.78, 5) is 17.9. The van der Waals surface area contributed by atoms with Crippen LogP contribution in [0.2, 0.25) is 0 Å². The van der Waals surface area contributed by atoms with Crippen LogP contribution < -0.4 is 0 Å². The minimum atomic E-state index is -0.768. The fraction of sp³-hybridized carbons (Fsp3) is 0.500. The van der Waals surface area contributed by atoms with Crippen LogP contribution in [-0.4, -0.2) is 36.4 Å². The van der Waals surface area contributed by atoms with Crippen LogP contribution in [0.1, 0.15) is 6.92 Å². The van der Waals surface area contributed by atoms with E-state index < -0.39 is 5.97 Å². The monoisotopic (exact) mass is 171 g/mol. The number of methoxy groups -OCH3 is 1. The molecule has 0 saturated carbocycles. The Kier molecular flexibility index (Phi) is 4.33. The number of hydrogen-bond donors (Lipinski definition) is 0. The van der Waals surface area contributed by atoms with Crippen molar-refractivity contribution >= 4 is 17.4 Å². The Balaban J connectivity index is 4.71. The Labute approximate surface area is 69.4 Å². The molecule has 6 heteroatoms. The highest BCUT2D eigenvalue weighted by molar-refractivity contribution is 6.63. The molecule has 0 spiro atoms. The lowest BCUT2D eigenvalue weighted by Crippen LogP contribution is -2.24. The fourth-order valence-electron chi connectivity index (χ4n) is 0.538. The predicted molar refractivity (Wildman–Crippen MR) is 40.8 cm³/mol. The fourth-order valence-corrected chi connectivity index (χ4v) is 0.538. The van der Waals surface area contributed by atoms with Gasteiger partial charge in [0.2, 0.25) is 0 Å². The van der Waals surface area contributed by atoms with Crippen molar-refractivity contribution in [2.75, 3.05) is 14.2 Å². The van der Waals surface area contributed by atoms with Gasteiger partial charge in [-0.1, -0.05) is 5.16 Å². The molecule has 66 valence electrons. The molecule has 0 heterocycles. The summed E-state index contributed by atoms with van der Waals surface area (Å²) in [6, 6.07) is 0. The summed E-state index contributed by atoms with van der Waals surface area (Å²) in [7, 11) is 2.49. The van der Waals surface area contributed by atoms with Crippen molar-refractivity contribution in [3.8, 4) is 0 Å². The van der Waals surface area contributed by atoms with E-state index in [-0.39, 0.29) is 11.4 Å². The van der Waals surface area contributed by atoms with Crippen LogP contribution in [-0.2, 0) is 14.4 Å². The van der Waals surface area contributed by atoms with Crippen molar-refractivity contribution in [2.24, 2.45) is 5.16 Å². The number of nitrogens with zero attached hydrogens (tertiary/aromatic N) is 3. The van der Waals surface area contributed by atoms with Gasteiger partial charge in [0.25, 0.3) is 0 Å². The van der Waals surface area contributed by atoms with E-state index in [1.807, 2.05) is 0 Å². The van der Waals surface area contributed by atoms with Crippen LogP contribution in [0.5, 0.6) is 0 Å². The molecule has 0 radical (unpaired) electrons. The largest absolute Gasteiger partial charge is 0.460 e. The van der Waals surface area contributed by atoms with Crippen molar-refractivity contribution in [2.45, 2.75) is 6.92 Å². The number of carbonyl (C=O) groups excluding carboxylic acids is 1. The Morgan fingerprint density at radius 1 is 1.50 bits per heavy atom. The number of carbonyl (C=O) groups is 1. The molecule has 0 aliphatic heterocycles. The maximum absolute atomic E-state index is 10.8. The maximum atomic E-state index is 10.8. The molecular formula is C6H9N3O3. The summed E-state index contributed by atoms with van der Waals surface area (Å²) >= 11 is 0. The normalized spacial score (nSPS) is 10.1. The number of oxime groups is 1. The van der Waals surface area contributed by atoms with E-state index in [9.17, 15) is 4.79 Å². The van der Waals surface area contributed by atoms with Crippen LogP contribution in [0.3, 0.4) is 0 Å². The summed E-state index contributed by atoms with van der Waals surface area (Å²) in [5.41, 5.74) is 8.24. The molecule has 0 saturated heterocycles. The summed E-state index contributed by atoms with van der Waals surface area (Å²) in [6.07, 6.45) is 0. The third-order valence-corrected chi connectivity index (χ3v) is 1.05. The van der Waals surface area contributed by atoms with Gasteiger partial charge in [0.05, 0.1) is 7.11 Å². The number of rotatable bonds is 3. The molecule has 0 aliphatic carbocycles. The smallest absolute Gasteiger partial charge is 0.423 e. The molecule has 0 amide bonds. The van der Waals surface area contributed by atoms with E-state index in [1.165, 1.54) is 21.1 Å². The van der Waals surface area contributed by atoms with Crippen LogP contribution in [0.4, 0.5) is 0 Å². The first kappa shape index (κ1) is 10.3. The van der Waals surface area contributed by atoms with Gasteiger partial charge in [-0.3, -0.25) is 0 Å². The zero-order chi connectivity index (χ0) is 9.56. The molecule has 0 aromatic carbocycles. The van der Waals surface area contributed by atoms with Gasteiger partial charge in [0, 0.05) is 0 Å². The second-order valence-electron chi connectivity index (χ2n) is 1.80. The van der Waals surface area contributed by atoms with Crippen molar-refractivity contribution in [1.29, 1.82) is 0 Å². The van der Waals surface area contributed by atoms with Crippen LogP contribution >= 0.6 is 0 Å². The minimum Gasteiger partial charge on any atom is -0.460 e. The first-order valence-electron chi connectivity index (χ1n) is 3.05. The lowest BCUT2D eigenvalue weighted by Gasteiger charge is -1.92. The molecular weight excluding hydrogens is 162 g/mol. The Bertz CT molecular complexity index is 253. The molecule has 12 heavy (non-hydrogen) atoms. The number of esters is 1. The molecule has 0 bridgehead atoms. The van der Waals surface area contributed by atoms with Gasteiger partial charge >= 0.3 is 11.7 Å². The van der Waals surface area contributed by atoms with Gasteiger partial charge in [0.1, 0.15) is 7.11 Å². The molecule has 0 fully saturated rings. The van der Waals surface area contributed by atoms with Crippen molar-refractivity contribution < 1.29 is 19.2 Å². The van der Waals surface area contributed by atoms with Crippen LogP contribution in [0.15, 0.2) is 5.16 Å². The first-order chi connectivity index (χ1) is 5.67. The maximum Gasteiger partial charge on any atom is 0.423 e. The molecule has 0 unspecified atom stereocenters. The second-order valence-corrected chi connectivity index (χ2v) is 1.80. The number of ether oxygens (including phenoxy) is 1. The van der Waals surface area contributed by atoms with Crippen molar-refractivity contribution in [3.05, 3.63) is 5.53 Å².